The molecule has 0 bridgehead atoms. The number of aromatic nitrogens is 1. The summed E-state index contributed by atoms with van der Waals surface area (Å²) < 4.78 is 0. The summed E-state index contributed by atoms with van der Waals surface area (Å²) in [6.45, 7) is 6.95. The standard InChI is InChI=1S/C28H34N4O/c1-23-10-5-6-13-26(23)28(33)30-25-15-20-31(21-16-25)18-9-19-32(27-14-7-8-17-29-27)22-24-11-3-2-4-12-24/h2-8,10-14,17,25H,9,15-16,18-22H2,1H3,(H,30,33). The first-order valence-electron chi connectivity index (χ1n) is 12.0. The summed E-state index contributed by atoms with van der Waals surface area (Å²) in [4.78, 5) is 22.1. The van der Waals surface area contributed by atoms with Gasteiger partial charge in [0.25, 0.3) is 5.91 Å². The Morgan fingerprint density at radius 3 is 2.45 bits per heavy atom. The molecule has 1 aliphatic rings. The van der Waals surface area contributed by atoms with E-state index < -0.39 is 0 Å². The van der Waals surface area contributed by atoms with Crippen molar-refractivity contribution in [1.29, 1.82) is 0 Å². The zero-order valence-corrected chi connectivity index (χ0v) is 19.5. The number of carbonyl (C=O) groups excluding carboxylic acids is 1. The number of nitrogens with one attached hydrogen (secondary N) is 1. The van der Waals surface area contributed by atoms with Crippen molar-refractivity contribution in [3.05, 3.63) is 95.7 Å². The molecule has 172 valence electrons. The summed E-state index contributed by atoms with van der Waals surface area (Å²) in [6, 6.07) is 24.7. The van der Waals surface area contributed by atoms with E-state index in [-0.39, 0.29) is 11.9 Å². The van der Waals surface area contributed by atoms with Crippen molar-refractivity contribution in [2.24, 2.45) is 0 Å². The number of hydrogen-bond donors (Lipinski definition) is 1. The molecule has 1 saturated heterocycles. The third kappa shape index (κ3) is 6.65. The normalized spacial score (nSPS) is 14.7. The summed E-state index contributed by atoms with van der Waals surface area (Å²) in [5.41, 5.74) is 3.11. The lowest BCUT2D eigenvalue weighted by Gasteiger charge is -2.33. The molecule has 0 saturated carbocycles. The number of rotatable bonds is 9. The number of likely N-dealkylation sites (tertiary alicyclic amines) is 1. The predicted octanol–water partition coefficient (Wildman–Crippen LogP) is 4.68. The fourth-order valence-corrected chi connectivity index (χ4v) is 4.50. The molecule has 33 heavy (non-hydrogen) atoms. The largest absolute Gasteiger partial charge is 0.352 e. The van der Waals surface area contributed by atoms with Gasteiger partial charge in [0.05, 0.1) is 0 Å². The molecule has 4 rings (SSSR count). The first-order chi connectivity index (χ1) is 16.2. The van der Waals surface area contributed by atoms with Crippen LogP contribution >= 0.6 is 0 Å². The van der Waals surface area contributed by atoms with Crippen molar-refractivity contribution in [3.63, 3.8) is 0 Å². The Hall–Kier alpha value is -3.18. The van der Waals surface area contributed by atoms with E-state index in [0.29, 0.717) is 0 Å². The van der Waals surface area contributed by atoms with Crippen LogP contribution in [0.2, 0.25) is 0 Å². The lowest BCUT2D eigenvalue weighted by molar-refractivity contribution is 0.0910. The lowest BCUT2D eigenvalue weighted by Crippen LogP contribution is -2.45. The van der Waals surface area contributed by atoms with Crippen molar-refractivity contribution in [2.75, 3.05) is 31.1 Å². The molecule has 1 amide bonds. The molecule has 2 aromatic carbocycles. The molecule has 2 heterocycles. The second-order valence-corrected chi connectivity index (χ2v) is 8.85. The maximum Gasteiger partial charge on any atom is 0.251 e. The third-order valence-electron chi connectivity index (χ3n) is 6.40. The highest BCUT2D eigenvalue weighted by Gasteiger charge is 2.21. The molecule has 0 spiro atoms. The van der Waals surface area contributed by atoms with Crippen LogP contribution in [0.15, 0.2) is 79.0 Å². The van der Waals surface area contributed by atoms with Gasteiger partial charge >= 0.3 is 0 Å². The van der Waals surface area contributed by atoms with Gasteiger partial charge in [-0.1, -0.05) is 54.6 Å². The van der Waals surface area contributed by atoms with Gasteiger partial charge in [-0.3, -0.25) is 4.79 Å². The molecule has 0 atom stereocenters. The highest BCUT2D eigenvalue weighted by molar-refractivity contribution is 5.95. The number of hydrogen-bond acceptors (Lipinski definition) is 4. The van der Waals surface area contributed by atoms with Crippen LogP contribution in [0.3, 0.4) is 0 Å². The van der Waals surface area contributed by atoms with Crippen LogP contribution in [0.25, 0.3) is 0 Å². The monoisotopic (exact) mass is 442 g/mol. The molecule has 1 aromatic heterocycles. The van der Waals surface area contributed by atoms with Gasteiger partial charge in [-0.2, -0.15) is 0 Å². The van der Waals surface area contributed by atoms with Crippen molar-refractivity contribution in [2.45, 2.75) is 38.8 Å². The van der Waals surface area contributed by atoms with Crippen molar-refractivity contribution >= 4 is 11.7 Å². The molecule has 3 aromatic rings. The number of anilines is 1. The molecule has 5 nitrogen and oxygen atoms in total. The van der Waals surface area contributed by atoms with E-state index >= 15 is 0 Å². The van der Waals surface area contributed by atoms with E-state index in [0.717, 1.165) is 68.9 Å². The summed E-state index contributed by atoms with van der Waals surface area (Å²) in [5, 5.41) is 3.24. The molecule has 1 aliphatic heterocycles. The lowest BCUT2D eigenvalue weighted by atomic mass is 10.0. The van der Waals surface area contributed by atoms with Crippen molar-refractivity contribution in [3.8, 4) is 0 Å². The Morgan fingerprint density at radius 1 is 1.00 bits per heavy atom. The van der Waals surface area contributed by atoms with Gasteiger partial charge in [0.1, 0.15) is 5.82 Å². The van der Waals surface area contributed by atoms with Gasteiger partial charge in [-0.05, 0) is 62.1 Å². The number of nitrogens with zero attached hydrogens (tertiary/aromatic N) is 3. The van der Waals surface area contributed by atoms with Crippen LogP contribution in [0.4, 0.5) is 5.82 Å². The zero-order valence-electron chi connectivity index (χ0n) is 19.5. The topological polar surface area (TPSA) is 48.5 Å². The molecular formula is C28H34N4O. The molecular weight excluding hydrogens is 408 g/mol. The minimum absolute atomic E-state index is 0.0541. The zero-order chi connectivity index (χ0) is 22.9. The molecule has 5 heteroatoms. The summed E-state index contributed by atoms with van der Waals surface area (Å²) in [7, 11) is 0. The van der Waals surface area contributed by atoms with Gasteiger partial charge in [-0.25, -0.2) is 4.98 Å². The Balaban J connectivity index is 1.24. The smallest absolute Gasteiger partial charge is 0.251 e. The predicted molar refractivity (Wildman–Crippen MR) is 134 cm³/mol. The summed E-state index contributed by atoms with van der Waals surface area (Å²) in [6.07, 6.45) is 4.96. The number of piperidine rings is 1. The highest BCUT2D eigenvalue weighted by Crippen LogP contribution is 2.16. The fraction of sp³-hybridized carbons (Fsp3) is 0.357. The average Bonchev–Trinajstić information content (AvgIpc) is 2.86. The van der Waals surface area contributed by atoms with Crippen molar-refractivity contribution in [1.82, 2.24) is 15.2 Å². The number of benzene rings is 2. The van der Waals surface area contributed by atoms with E-state index in [4.69, 9.17) is 0 Å². The van der Waals surface area contributed by atoms with Gasteiger partial charge in [0.15, 0.2) is 0 Å². The number of aryl methyl sites for hydroxylation is 1. The van der Waals surface area contributed by atoms with Crippen LogP contribution < -0.4 is 10.2 Å². The van der Waals surface area contributed by atoms with E-state index in [1.165, 1.54) is 5.56 Å². The Morgan fingerprint density at radius 2 is 1.73 bits per heavy atom. The highest BCUT2D eigenvalue weighted by atomic mass is 16.1. The quantitative estimate of drug-likeness (QED) is 0.523. The summed E-state index contributed by atoms with van der Waals surface area (Å²) >= 11 is 0. The van der Waals surface area contributed by atoms with Gasteiger partial charge in [-0.15, -0.1) is 0 Å². The second-order valence-electron chi connectivity index (χ2n) is 8.85. The van der Waals surface area contributed by atoms with E-state index in [1.807, 2.05) is 43.5 Å². The number of carbonyl (C=O) groups is 1. The molecule has 1 fully saturated rings. The number of amides is 1. The van der Waals surface area contributed by atoms with E-state index in [1.54, 1.807) is 0 Å². The van der Waals surface area contributed by atoms with Gasteiger partial charge < -0.3 is 15.1 Å². The van der Waals surface area contributed by atoms with Crippen molar-refractivity contribution < 1.29 is 4.79 Å². The molecule has 0 radical (unpaired) electrons. The SMILES string of the molecule is Cc1ccccc1C(=O)NC1CCN(CCCN(Cc2ccccc2)c2ccccn2)CC1. The second kappa shape index (κ2) is 11.6. The molecule has 0 aliphatic carbocycles. The van der Waals surface area contributed by atoms with Crippen LogP contribution in [0.1, 0.15) is 40.7 Å². The van der Waals surface area contributed by atoms with Crippen LogP contribution in [0, 0.1) is 6.92 Å². The Kier molecular flexibility index (Phi) is 8.09. The minimum atomic E-state index is 0.0541. The minimum Gasteiger partial charge on any atom is -0.352 e. The van der Waals surface area contributed by atoms with Crippen LogP contribution in [-0.4, -0.2) is 48.0 Å². The first kappa shape index (κ1) is 23.0. The molecule has 1 N–H and O–H groups in total. The Labute approximate surface area is 197 Å². The summed E-state index contributed by atoms with van der Waals surface area (Å²) in [5.74, 6) is 1.08. The van der Waals surface area contributed by atoms with Gasteiger partial charge in [0.2, 0.25) is 0 Å². The Bertz CT molecular complexity index is 1000. The maximum atomic E-state index is 12.6. The fourth-order valence-electron chi connectivity index (χ4n) is 4.50. The molecule has 0 unspecified atom stereocenters. The van der Waals surface area contributed by atoms with Crippen LogP contribution in [0.5, 0.6) is 0 Å². The van der Waals surface area contributed by atoms with E-state index in [9.17, 15) is 4.79 Å². The average molecular weight is 443 g/mol. The number of pyridine rings is 1. The maximum absolute atomic E-state index is 12.6. The van der Waals surface area contributed by atoms with Gasteiger partial charge in [0, 0.05) is 44.0 Å². The van der Waals surface area contributed by atoms with E-state index in [2.05, 4.69) is 62.6 Å². The first-order valence-corrected chi connectivity index (χ1v) is 12.0. The third-order valence-corrected chi connectivity index (χ3v) is 6.40. The van der Waals surface area contributed by atoms with Crippen LogP contribution in [-0.2, 0) is 6.54 Å².